The van der Waals surface area contributed by atoms with Gasteiger partial charge in [0.05, 0.1) is 16.1 Å². The summed E-state index contributed by atoms with van der Waals surface area (Å²) in [5.41, 5.74) is 0.834. The molecular formula is C12H12Cl3N3. The van der Waals surface area contributed by atoms with E-state index in [9.17, 15) is 0 Å². The molecule has 1 aromatic carbocycles. The van der Waals surface area contributed by atoms with Crippen molar-refractivity contribution in [3.63, 3.8) is 0 Å². The van der Waals surface area contributed by atoms with Crippen LogP contribution < -0.4 is 0 Å². The van der Waals surface area contributed by atoms with E-state index in [0.29, 0.717) is 20.9 Å². The predicted octanol–water partition coefficient (Wildman–Crippen LogP) is 4.54. The fraction of sp³-hybridized carbons (Fsp3) is 0.333. The van der Waals surface area contributed by atoms with Gasteiger partial charge >= 0.3 is 0 Å². The van der Waals surface area contributed by atoms with Crippen LogP contribution in [0.4, 0.5) is 0 Å². The van der Waals surface area contributed by atoms with Crippen molar-refractivity contribution in [1.29, 1.82) is 5.26 Å². The predicted molar refractivity (Wildman–Crippen MR) is 76.4 cm³/mol. The summed E-state index contributed by atoms with van der Waals surface area (Å²) in [6.45, 7) is 3.70. The summed E-state index contributed by atoms with van der Waals surface area (Å²) in [7, 11) is 1.83. The average Bonchev–Trinajstić information content (AvgIpc) is 2.32. The third kappa shape index (κ3) is 3.29. The summed E-state index contributed by atoms with van der Waals surface area (Å²) in [4.78, 5) is 5.53. The molecule has 0 aliphatic rings. The lowest BCUT2D eigenvalue weighted by Crippen LogP contribution is -2.27. The summed E-state index contributed by atoms with van der Waals surface area (Å²) in [6, 6.07) is 3.28. The van der Waals surface area contributed by atoms with Crippen molar-refractivity contribution in [1.82, 2.24) is 4.90 Å². The van der Waals surface area contributed by atoms with Crippen molar-refractivity contribution in [3.05, 3.63) is 32.8 Å². The Hall–Kier alpha value is -0.950. The molecule has 0 aliphatic carbocycles. The van der Waals surface area contributed by atoms with E-state index in [0.717, 1.165) is 5.56 Å². The van der Waals surface area contributed by atoms with E-state index in [1.165, 1.54) is 0 Å². The molecule has 96 valence electrons. The Labute approximate surface area is 122 Å². The zero-order valence-corrected chi connectivity index (χ0v) is 12.5. The van der Waals surface area contributed by atoms with Crippen LogP contribution in [0.1, 0.15) is 25.5 Å². The van der Waals surface area contributed by atoms with Gasteiger partial charge in [-0.3, -0.25) is 0 Å². The van der Waals surface area contributed by atoms with Crippen LogP contribution in [0, 0.1) is 11.5 Å². The van der Waals surface area contributed by atoms with E-state index in [1.54, 1.807) is 25.2 Å². The fourth-order valence-electron chi connectivity index (χ4n) is 1.50. The largest absolute Gasteiger partial charge is 0.356 e. The van der Waals surface area contributed by atoms with Gasteiger partial charge in [-0.05, 0) is 31.5 Å². The van der Waals surface area contributed by atoms with Crippen LogP contribution in [-0.2, 0) is 0 Å². The smallest absolute Gasteiger partial charge is 0.207 e. The van der Waals surface area contributed by atoms with E-state index >= 15 is 0 Å². The molecule has 0 saturated heterocycles. The van der Waals surface area contributed by atoms with Gasteiger partial charge in [-0.15, -0.1) is 0 Å². The van der Waals surface area contributed by atoms with Crippen LogP contribution in [-0.4, -0.2) is 17.8 Å². The summed E-state index contributed by atoms with van der Waals surface area (Å²) >= 11 is 18.0. The minimum absolute atomic E-state index is 0.0654. The Kier molecular flexibility index (Phi) is 5.28. The summed E-state index contributed by atoms with van der Waals surface area (Å²) in [5.74, 6) is 0.604. The highest BCUT2D eigenvalue weighted by Gasteiger charge is 2.17. The molecule has 1 unspecified atom stereocenters. The first-order chi connectivity index (χ1) is 8.38. The molecule has 1 atom stereocenters. The quantitative estimate of drug-likeness (QED) is 0.348. The molecule has 0 aliphatic heterocycles. The Morgan fingerprint density at radius 2 is 1.83 bits per heavy atom. The Morgan fingerprint density at radius 3 is 2.39 bits per heavy atom. The van der Waals surface area contributed by atoms with Crippen molar-refractivity contribution >= 4 is 40.6 Å². The monoisotopic (exact) mass is 303 g/mol. The van der Waals surface area contributed by atoms with Gasteiger partial charge in [-0.25, -0.2) is 0 Å². The summed E-state index contributed by atoms with van der Waals surface area (Å²) < 4.78 is 0. The van der Waals surface area contributed by atoms with Gasteiger partial charge in [0.1, 0.15) is 5.84 Å². The Bertz CT molecular complexity index is 520. The van der Waals surface area contributed by atoms with Crippen LogP contribution >= 0.6 is 34.8 Å². The first-order valence-electron chi connectivity index (χ1n) is 5.19. The summed E-state index contributed by atoms with van der Waals surface area (Å²) in [6.07, 6.45) is 1.76. The second kappa shape index (κ2) is 6.29. The van der Waals surface area contributed by atoms with Crippen molar-refractivity contribution in [2.75, 3.05) is 7.05 Å². The highest BCUT2D eigenvalue weighted by molar-refractivity contribution is 6.43. The lowest BCUT2D eigenvalue weighted by molar-refractivity contribution is 0.400. The molecule has 0 N–H and O–H groups in total. The van der Waals surface area contributed by atoms with E-state index in [-0.39, 0.29) is 6.04 Å². The molecule has 6 heteroatoms. The van der Waals surface area contributed by atoms with Crippen molar-refractivity contribution in [2.24, 2.45) is 4.99 Å². The van der Waals surface area contributed by atoms with E-state index in [4.69, 9.17) is 40.1 Å². The molecule has 18 heavy (non-hydrogen) atoms. The Balaban J connectivity index is 3.12. The lowest BCUT2D eigenvalue weighted by Gasteiger charge is -2.27. The molecule has 1 aromatic rings. The van der Waals surface area contributed by atoms with Crippen LogP contribution in [0.25, 0.3) is 0 Å². The zero-order valence-electron chi connectivity index (χ0n) is 10.2. The molecule has 0 saturated carbocycles. The number of aliphatic imine (C=N–C) groups is 1. The van der Waals surface area contributed by atoms with Gasteiger partial charge in [-0.2, -0.15) is 10.3 Å². The molecule has 1 rings (SSSR count). The SMILES string of the molecule is CC(=NC#N)N(C)C(C)c1cc(Cl)c(Cl)cc1Cl. The van der Waals surface area contributed by atoms with E-state index in [2.05, 4.69) is 4.99 Å². The standard InChI is InChI=1S/C12H12Cl3N3/c1-7(18(3)8(2)17-6-16)9-4-11(14)12(15)5-10(9)13/h4-5,7H,1-3H3. The molecule has 0 aromatic heterocycles. The maximum atomic E-state index is 8.54. The van der Waals surface area contributed by atoms with Gasteiger partial charge in [0, 0.05) is 12.1 Å². The van der Waals surface area contributed by atoms with Crippen molar-refractivity contribution in [3.8, 4) is 6.19 Å². The molecule has 0 bridgehead atoms. The third-order valence-corrected chi connectivity index (χ3v) is 3.84. The van der Waals surface area contributed by atoms with E-state index in [1.807, 2.05) is 18.9 Å². The number of rotatable bonds is 2. The van der Waals surface area contributed by atoms with Crippen LogP contribution in [0.15, 0.2) is 17.1 Å². The minimum Gasteiger partial charge on any atom is -0.356 e. The molecule has 0 spiro atoms. The Morgan fingerprint density at radius 1 is 1.28 bits per heavy atom. The van der Waals surface area contributed by atoms with Gasteiger partial charge in [0.25, 0.3) is 0 Å². The minimum atomic E-state index is -0.0654. The number of hydrogen-bond acceptors (Lipinski definition) is 2. The van der Waals surface area contributed by atoms with Gasteiger partial charge in [0.2, 0.25) is 6.19 Å². The fourth-order valence-corrected chi connectivity index (χ4v) is 2.21. The van der Waals surface area contributed by atoms with Gasteiger partial charge in [-0.1, -0.05) is 34.8 Å². The number of amidine groups is 1. The van der Waals surface area contributed by atoms with Gasteiger partial charge < -0.3 is 4.90 Å². The second-order valence-corrected chi connectivity index (χ2v) is 5.06. The first kappa shape index (κ1) is 15.1. The normalized spacial score (nSPS) is 13.1. The first-order valence-corrected chi connectivity index (χ1v) is 6.32. The number of nitriles is 1. The van der Waals surface area contributed by atoms with E-state index < -0.39 is 0 Å². The lowest BCUT2D eigenvalue weighted by atomic mass is 10.1. The molecule has 0 amide bonds. The van der Waals surface area contributed by atoms with Crippen LogP contribution in [0.3, 0.4) is 0 Å². The van der Waals surface area contributed by atoms with Crippen LogP contribution in [0.2, 0.25) is 15.1 Å². The molecule has 0 heterocycles. The maximum absolute atomic E-state index is 8.54. The zero-order chi connectivity index (χ0) is 13.9. The summed E-state index contributed by atoms with van der Waals surface area (Å²) in [5, 5.41) is 9.95. The second-order valence-electron chi connectivity index (χ2n) is 3.83. The van der Waals surface area contributed by atoms with Crippen molar-refractivity contribution in [2.45, 2.75) is 19.9 Å². The third-order valence-electron chi connectivity index (χ3n) is 2.79. The maximum Gasteiger partial charge on any atom is 0.207 e. The molecular weight excluding hydrogens is 293 g/mol. The number of nitrogens with zero attached hydrogens (tertiary/aromatic N) is 3. The molecule has 3 nitrogen and oxygen atoms in total. The highest BCUT2D eigenvalue weighted by Crippen LogP contribution is 2.34. The topological polar surface area (TPSA) is 39.4 Å². The van der Waals surface area contributed by atoms with Crippen LogP contribution in [0.5, 0.6) is 0 Å². The van der Waals surface area contributed by atoms with Crippen molar-refractivity contribution < 1.29 is 0 Å². The number of benzene rings is 1. The van der Waals surface area contributed by atoms with Gasteiger partial charge in [0.15, 0.2) is 0 Å². The number of halogens is 3. The average molecular weight is 305 g/mol. The number of hydrogen-bond donors (Lipinski definition) is 0. The highest BCUT2D eigenvalue weighted by atomic mass is 35.5. The molecule has 0 radical (unpaired) electrons. The molecule has 0 fully saturated rings.